The Morgan fingerprint density at radius 3 is 2.43 bits per heavy atom. The van der Waals surface area contributed by atoms with Gasteiger partial charge < -0.3 is 5.32 Å². The van der Waals surface area contributed by atoms with Gasteiger partial charge in [0, 0.05) is 23.2 Å². The summed E-state index contributed by atoms with van der Waals surface area (Å²) in [7, 11) is -3.82. The third kappa shape index (κ3) is 5.01. The fourth-order valence-electron chi connectivity index (χ4n) is 3.19. The summed E-state index contributed by atoms with van der Waals surface area (Å²) in [5.74, 6) is -2.81. The molecule has 0 aliphatic carbocycles. The smallest absolute Gasteiger partial charge is 0.326 e. The SMILES string of the molecule is O=C(Nc1ccc(F)c(C(F)(F)F)c1)[C@H]1CCCN(S(=O)(=O)c2ccc(Br)cc2)C1. The molecule has 1 amide bonds. The first-order valence-electron chi connectivity index (χ1n) is 8.92. The second-order valence-electron chi connectivity index (χ2n) is 6.84. The lowest BCUT2D eigenvalue weighted by atomic mass is 9.98. The van der Waals surface area contributed by atoms with Crippen LogP contribution in [0.1, 0.15) is 18.4 Å². The monoisotopic (exact) mass is 508 g/mol. The molecular weight excluding hydrogens is 492 g/mol. The molecule has 2 aromatic rings. The van der Waals surface area contributed by atoms with E-state index in [9.17, 15) is 30.8 Å². The molecule has 1 aliphatic heterocycles. The molecule has 1 N–H and O–H groups in total. The summed E-state index contributed by atoms with van der Waals surface area (Å²) in [6.07, 6.45) is -4.10. The van der Waals surface area contributed by atoms with Gasteiger partial charge in [-0.3, -0.25) is 4.79 Å². The molecule has 0 spiro atoms. The second kappa shape index (κ2) is 8.64. The first kappa shape index (κ1) is 22.7. The van der Waals surface area contributed by atoms with E-state index in [-0.39, 0.29) is 23.7 Å². The van der Waals surface area contributed by atoms with Gasteiger partial charge in [-0.2, -0.15) is 17.5 Å². The summed E-state index contributed by atoms with van der Waals surface area (Å²) in [6.45, 7) is 0.133. The molecule has 5 nitrogen and oxygen atoms in total. The molecule has 1 saturated heterocycles. The van der Waals surface area contributed by atoms with Crippen LogP contribution in [0.2, 0.25) is 0 Å². The van der Waals surface area contributed by atoms with E-state index in [0.717, 1.165) is 10.5 Å². The molecular formula is C19H17BrF4N2O3S. The summed E-state index contributed by atoms with van der Waals surface area (Å²) in [5.41, 5.74) is -1.69. The minimum atomic E-state index is -4.90. The number of hydrogen-bond acceptors (Lipinski definition) is 3. The Balaban J connectivity index is 1.74. The Kier molecular flexibility index (Phi) is 6.54. The normalized spacial score (nSPS) is 18.2. The number of nitrogens with one attached hydrogen (secondary N) is 1. The van der Waals surface area contributed by atoms with Crippen molar-refractivity contribution in [3.05, 3.63) is 58.3 Å². The first-order chi connectivity index (χ1) is 14.0. The van der Waals surface area contributed by atoms with Crippen molar-refractivity contribution >= 4 is 37.5 Å². The van der Waals surface area contributed by atoms with Gasteiger partial charge in [0.25, 0.3) is 0 Å². The van der Waals surface area contributed by atoms with Crippen LogP contribution in [0, 0.1) is 11.7 Å². The van der Waals surface area contributed by atoms with Gasteiger partial charge in [0.1, 0.15) is 5.82 Å². The van der Waals surface area contributed by atoms with E-state index in [1.54, 1.807) is 12.1 Å². The van der Waals surface area contributed by atoms with Crippen LogP contribution in [0.25, 0.3) is 0 Å². The lowest BCUT2D eigenvalue weighted by molar-refractivity contribution is -0.140. The maximum atomic E-state index is 13.4. The average molecular weight is 509 g/mol. The van der Waals surface area contributed by atoms with E-state index in [1.165, 1.54) is 16.4 Å². The van der Waals surface area contributed by atoms with Crippen molar-refractivity contribution in [1.82, 2.24) is 4.31 Å². The van der Waals surface area contributed by atoms with E-state index in [1.807, 2.05) is 0 Å². The Bertz CT molecular complexity index is 1040. The lowest BCUT2D eigenvalue weighted by Crippen LogP contribution is -2.43. The number of rotatable bonds is 4. The van der Waals surface area contributed by atoms with Crippen molar-refractivity contribution in [1.29, 1.82) is 0 Å². The molecule has 0 saturated carbocycles. The van der Waals surface area contributed by atoms with Gasteiger partial charge in [0.05, 0.1) is 16.4 Å². The van der Waals surface area contributed by atoms with Crippen LogP contribution in [0.4, 0.5) is 23.2 Å². The average Bonchev–Trinajstić information content (AvgIpc) is 2.69. The fourth-order valence-corrected chi connectivity index (χ4v) is 4.98. The largest absolute Gasteiger partial charge is 0.419 e. The van der Waals surface area contributed by atoms with E-state index < -0.39 is 39.4 Å². The van der Waals surface area contributed by atoms with E-state index >= 15 is 0 Å². The Labute approximate surface area is 179 Å². The molecule has 0 aromatic heterocycles. The second-order valence-corrected chi connectivity index (χ2v) is 9.69. The maximum absolute atomic E-state index is 13.4. The number of nitrogens with zero attached hydrogens (tertiary/aromatic N) is 1. The quantitative estimate of drug-likeness (QED) is 0.611. The zero-order valence-electron chi connectivity index (χ0n) is 15.4. The van der Waals surface area contributed by atoms with Crippen molar-refractivity contribution in [2.75, 3.05) is 18.4 Å². The van der Waals surface area contributed by atoms with Crippen LogP contribution in [0.3, 0.4) is 0 Å². The Morgan fingerprint density at radius 2 is 1.80 bits per heavy atom. The summed E-state index contributed by atoms with van der Waals surface area (Å²) in [5, 5.41) is 2.34. The first-order valence-corrected chi connectivity index (χ1v) is 11.1. The zero-order chi connectivity index (χ0) is 22.1. The molecule has 0 radical (unpaired) electrons. The van der Waals surface area contributed by atoms with Gasteiger partial charge in [-0.1, -0.05) is 15.9 Å². The van der Waals surface area contributed by atoms with Crippen LogP contribution in [0.15, 0.2) is 51.8 Å². The summed E-state index contributed by atoms with van der Waals surface area (Å²) in [6, 6.07) is 8.25. The van der Waals surface area contributed by atoms with Gasteiger partial charge in [0.15, 0.2) is 0 Å². The number of carbonyl (C=O) groups is 1. The number of sulfonamides is 1. The highest BCUT2D eigenvalue weighted by atomic mass is 79.9. The molecule has 3 rings (SSSR count). The Hall–Kier alpha value is -1.98. The van der Waals surface area contributed by atoms with E-state index in [0.29, 0.717) is 25.0 Å². The van der Waals surface area contributed by atoms with Crippen LogP contribution >= 0.6 is 15.9 Å². The van der Waals surface area contributed by atoms with E-state index in [4.69, 9.17) is 0 Å². The summed E-state index contributed by atoms with van der Waals surface area (Å²) in [4.78, 5) is 12.6. The number of carbonyl (C=O) groups excluding carboxylic acids is 1. The number of benzene rings is 2. The molecule has 162 valence electrons. The lowest BCUT2D eigenvalue weighted by Gasteiger charge is -2.31. The number of hydrogen-bond donors (Lipinski definition) is 1. The fraction of sp³-hybridized carbons (Fsp3) is 0.316. The molecule has 1 aliphatic rings. The van der Waals surface area contributed by atoms with Crippen molar-refractivity contribution in [3.63, 3.8) is 0 Å². The minimum Gasteiger partial charge on any atom is -0.326 e. The molecule has 0 unspecified atom stereocenters. The number of alkyl halides is 3. The van der Waals surface area contributed by atoms with E-state index in [2.05, 4.69) is 21.2 Å². The van der Waals surface area contributed by atoms with Gasteiger partial charge in [0.2, 0.25) is 15.9 Å². The van der Waals surface area contributed by atoms with Crippen LogP contribution in [0.5, 0.6) is 0 Å². The van der Waals surface area contributed by atoms with Crippen LogP contribution in [-0.2, 0) is 21.0 Å². The number of anilines is 1. The van der Waals surface area contributed by atoms with Crippen molar-refractivity contribution in [3.8, 4) is 0 Å². The number of piperidine rings is 1. The standard InChI is InChI=1S/C19H17BrF4N2O3S/c20-13-3-6-15(7-4-13)30(28,29)26-9-1-2-12(11-26)18(27)25-14-5-8-17(21)16(10-14)19(22,23)24/h3-8,10,12H,1-2,9,11H2,(H,25,27)/t12-/m0/s1. The summed E-state index contributed by atoms with van der Waals surface area (Å²) >= 11 is 3.23. The van der Waals surface area contributed by atoms with Crippen LogP contribution < -0.4 is 5.32 Å². The van der Waals surface area contributed by atoms with Gasteiger partial charge in [-0.15, -0.1) is 0 Å². The van der Waals surface area contributed by atoms with Crippen molar-refractivity contribution in [2.24, 2.45) is 5.92 Å². The van der Waals surface area contributed by atoms with Crippen molar-refractivity contribution in [2.45, 2.75) is 23.9 Å². The highest BCUT2D eigenvalue weighted by Crippen LogP contribution is 2.33. The predicted octanol–water partition coefficient (Wildman–Crippen LogP) is 4.65. The molecule has 0 bridgehead atoms. The Morgan fingerprint density at radius 1 is 1.13 bits per heavy atom. The third-order valence-electron chi connectivity index (χ3n) is 4.75. The summed E-state index contributed by atoms with van der Waals surface area (Å²) < 4.78 is 79.6. The number of amides is 1. The minimum absolute atomic E-state index is 0.0834. The molecule has 11 heteroatoms. The predicted molar refractivity (Wildman–Crippen MR) is 106 cm³/mol. The third-order valence-corrected chi connectivity index (χ3v) is 7.15. The molecule has 1 atom stereocenters. The van der Waals surface area contributed by atoms with Gasteiger partial charge >= 0.3 is 6.18 Å². The van der Waals surface area contributed by atoms with Gasteiger partial charge in [-0.25, -0.2) is 12.8 Å². The topological polar surface area (TPSA) is 66.5 Å². The number of halogens is 5. The van der Waals surface area contributed by atoms with Crippen LogP contribution in [-0.4, -0.2) is 31.7 Å². The molecule has 1 heterocycles. The van der Waals surface area contributed by atoms with Crippen molar-refractivity contribution < 1.29 is 30.8 Å². The highest BCUT2D eigenvalue weighted by molar-refractivity contribution is 9.10. The molecule has 1 fully saturated rings. The molecule has 30 heavy (non-hydrogen) atoms. The highest BCUT2D eigenvalue weighted by Gasteiger charge is 2.36. The molecule has 2 aromatic carbocycles. The zero-order valence-corrected chi connectivity index (χ0v) is 17.8. The maximum Gasteiger partial charge on any atom is 0.419 e. The van der Waals surface area contributed by atoms with Gasteiger partial charge in [-0.05, 0) is 55.3 Å².